The van der Waals surface area contributed by atoms with Gasteiger partial charge in [0.25, 0.3) is 0 Å². The second kappa shape index (κ2) is 3.35. The van der Waals surface area contributed by atoms with Crippen LogP contribution >= 0.6 is 15.9 Å². The van der Waals surface area contributed by atoms with Gasteiger partial charge in [-0.05, 0) is 35.2 Å². The van der Waals surface area contributed by atoms with E-state index in [1.807, 2.05) is 17.9 Å². The third-order valence-electron chi connectivity index (χ3n) is 3.20. The molecule has 1 atom stereocenters. The van der Waals surface area contributed by atoms with E-state index >= 15 is 0 Å². The lowest BCUT2D eigenvalue weighted by molar-refractivity contribution is 0.471. The van der Waals surface area contributed by atoms with Crippen LogP contribution in [0.4, 0.5) is 0 Å². The molecule has 1 unspecified atom stereocenters. The molecular formula is C10H16BrN3. The lowest BCUT2D eigenvalue weighted by atomic mass is 9.92. The summed E-state index contributed by atoms with van der Waals surface area (Å²) in [7, 11) is 1.98. The van der Waals surface area contributed by atoms with E-state index in [1.165, 1.54) is 5.69 Å². The Hall–Kier alpha value is -0.350. The first-order valence-corrected chi connectivity index (χ1v) is 5.84. The maximum Gasteiger partial charge on any atom is 0.0635 e. The average molecular weight is 258 g/mol. The molecule has 0 amide bonds. The van der Waals surface area contributed by atoms with Crippen LogP contribution in [0.3, 0.4) is 0 Å². The van der Waals surface area contributed by atoms with Crippen LogP contribution in [-0.4, -0.2) is 15.3 Å². The summed E-state index contributed by atoms with van der Waals surface area (Å²) in [6, 6.07) is 0. The molecule has 1 aliphatic carbocycles. The van der Waals surface area contributed by atoms with Crippen molar-refractivity contribution in [2.45, 2.75) is 37.6 Å². The summed E-state index contributed by atoms with van der Waals surface area (Å²) < 4.78 is 3.02. The molecule has 3 nitrogen and oxygen atoms in total. The molecule has 0 aromatic carbocycles. The van der Waals surface area contributed by atoms with Crippen molar-refractivity contribution in [2.24, 2.45) is 12.8 Å². The number of nitrogens with two attached hydrogens (primary N) is 1. The van der Waals surface area contributed by atoms with Crippen LogP contribution in [0.1, 0.15) is 37.8 Å². The summed E-state index contributed by atoms with van der Waals surface area (Å²) in [6.07, 6.45) is 5.21. The number of nitrogens with zero attached hydrogens (tertiary/aromatic N) is 2. The Morgan fingerprint density at radius 3 is 2.71 bits per heavy atom. The average Bonchev–Trinajstić information content (AvgIpc) is 2.81. The van der Waals surface area contributed by atoms with Crippen LogP contribution < -0.4 is 5.73 Å². The highest BCUT2D eigenvalue weighted by Crippen LogP contribution is 2.47. The summed E-state index contributed by atoms with van der Waals surface area (Å²) in [5.41, 5.74) is 7.54. The van der Waals surface area contributed by atoms with Crippen LogP contribution in [0.2, 0.25) is 0 Å². The molecule has 1 aromatic heterocycles. The van der Waals surface area contributed by atoms with Crippen molar-refractivity contribution in [3.05, 3.63) is 16.4 Å². The predicted octanol–water partition coefficient (Wildman–Crippen LogP) is 2.17. The zero-order valence-corrected chi connectivity index (χ0v) is 10.2. The number of aromatic nitrogens is 2. The molecule has 1 aliphatic rings. The van der Waals surface area contributed by atoms with Gasteiger partial charge in [0.05, 0.1) is 16.4 Å². The third-order valence-corrected chi connectivity index (χ3v) is 3.81. The molecule has 1 aromatic rings. The molecule has 0 aliphatic heterocycles. The fraction of sp³-hybridized carbons (Fsp3) is 0.700. The molecular weight excluding hydrogens is 242 g/mol. The molecule has 4 heteroatoms. The second-order valence-electron chi connectivity index (χ2n) is 4.20. The highest BCUT2D eigenvalue weighted by atomic mass is 79.9. The number of rotatable bonds is 3. The zero-order valence-electron chi connectivity index (χ0n) is 8.63. The number of hydrogen-bond acceptors (Lipinski definition) is 2. The summed E-state index contributed by atoms with van der Waals surface area (Å²) in [6.45, 7) is 2.19. The van der Waals surface area contributed by atoms with Crippen LogP contribution in [0.15, 0.2) is 10.7 Å². The van der Waals surface area contributed by atoms with Gasteiger partial charge in [0.2, 0.25) is 0 Å². The molecule has 14 heavy (non-hydrogen) atoms. The van der Waals surface area contributed by atoms with Gasteiger partial charge in [0, 0.05) is 18.5 Å². The van der Waals surface area contributed by atoms with Crippen LogP contribution in [0.25, 0.3) is 0 Å². The van der Waals surface area contributed by atoms with E-state index in [1.54, 1.807) is 0 Å². The molecule has 1 saturated carbocycles. The summed E-state index contributed by atoms with van der Waals surface area (Å²) >= 11 is 3.54. The Kier molecular flexibility index (Phi) is 2.43. The van der Waals surface area contributed by atoms with Gasteiger partial charge in [-0.1, -0.05) is 6.92 Å². The first-order chi connectivity index (χ1) is 6.58. The van der Waals surface area contributed by atoms with E-state index in [4.69, 9.17) is 5.73 Å². The minimum absolute atomic E-state index is 0.0328. The standard InChI is InChI=1S/C10H16BrN3/c1-3-7(10(12)4-5-10)9-8(11)6-13-14(9)2/h6-7H,3-5,12H2,1-2H3. The Balaban J connectivity index is 2.36. The zero-order chi connectivity index (χ0) is 10.3. The highest BCUT2D eigenvalue weighted by Gasteiger charge is 2.47. The molecule has 1 fully saturated rings. The third kappa shape index (κ3) is 1.50. The molecule has 2 N–H and O–H groups in total. The minimum atomic E-state index is 0.0328. The van der Waals surface area contributed by atoms with Crippen molar-refractivity contribution in [3.63, 3.8) is 0 Å². The Labute approximate surface area is 92.8 Å². The normalized spacial score (nSPS) is 20.9. The molecule has 78 valence electrons. The predicted molar refractivity (Wildman–Crippen MR) is 60.1 cm³/mol. The number of hydrogen-bond donors (Lipinski definition) is 1. The monoisotopic (exact) mass is 257 g/mol. The Bertz CT molecular complexity index is 322. The van der Waals surface area contributed by atoms with E-state index in [0.29, 0.717) is 5.92 Å². The fourth-order valence-corrected chi connectivity index (χ4v) is 2.80. The van der Waals surface area contributed by atoms with E-state index in [9.17, 15) is 0 Å². The lowest BCUT2D eigenvalue weighted by Gasteiger charge is -2.22. The van der Waals surface area contributed by atoms with Crippen molar-refractivity contribution < 1.29 is 0 Å². The van der Waals surface area contributed by atoms with Crippen LogP contribution in [-0.2, 0) is 7.05 Å². The molecule has 0 spiro atoms. The maximum absolute atomic E-state index is 6.27. The number of halogens is 1. The topological polar surface area (TPSA) is 43.8 Å². The van der Waals surface area contributed by atoms with Crippen molar-refractivity contribution in [3.8, 4) is 0 Å². The van der Waals surface area contributed by atoms with Gasteiger partial charge in [-0.25, -0.2) is 0 Å². The van der Waals surface area contributed by atoms with Crippen LogP contribution in [0.5, 0.6) is 0 Å². The van der Waals surface area contributed by atoms with Crippen molar-refractivity contribution in [1.82, 2.24) is 9.78 Å². The highest BCUT2D eigenvalue weighted by molar-refractivity contribution is 9.10. The summed E-state index contributed by atoms with van der Waals surface area (Å²) in [4.78, 5) is 0. The molecule has 0 radical (unpaired) electrons. The van der Waals surface area contributed by atoms with E-state index in [2.05, 4.69) is 28.0 Å². The largest absolute Gasteiger partial charge is 0.324 e. The lowest BCUT2D eigenvalue weighted by Crippen LogP contribution is -2.31. The van der Waals surface area contributed by atoms with Gasteiger partial charge in [-0.3, -0.25) is 4.68 Å². The van der Waals surface area contributed by atoms with Crippen molar-refractivity contribution in [2.75, 3.05) is 0 Å². The quantitative estimate of drug-likeness (QED) is 0.902. The SMILES string of the molecule is CCC(c1c(Br)cnn1C)C1(N)CC1. The first kappa shape index (κ1) is 10.2. The van der Waals surface area contributed by atoms with Gasteiger partial charge >= 0.3 is 0 Å². The fourth-order valence-electron chi connectivity index (χ4n) is 2.18. The Morgan fingerprint density at radius 1 is 1.71 bits per heavy atom. The van der Waals surface area contributed by atoms with Gasteiger partial charge in [0.1, 0.15) is 0 Å². The van der Waals surface area contributed by atoms with Crippen LogP contribution in [0, 0.1) is 0 Å². The molecule has 0 bridgehead atoms. The van der Waals surface area contributed by atoms with Gasteiger partial charge in [-0.2, -0.15) is 5.10 Å². The second-order valence-corrected chi connectivity index (χ2v) is 5.05. The summed E-state index contributed by atoms with van der Waals surface area (Å²) in [5, 5.41) is 4.24. The molecule has 2 rings (SSSR count). The maximum atomic E-state index is 6.27. The Morgan fingerprint density at radius 2 is 2.36 bits per heavy atom. The van der Waals surface area contributed by atoms with Gasteiger partial charge in [0.15, 0.2) is 0 Å². The van der Waals surface area contributed by atoms with Gasteiger partial charge in [-0.15, -0.1) is 0 Å². The van der Waals surface area contributed by atoms with Gasteiger partial charge < -0.3 is 5.73 Å². The first-order valence-electron chi connectivity index (χ1n) is 5.05. The smallest absolute Gasteiger partial charge is 0.0635 e. The molecule has 0 saturated heterocycles. The van der Waals surface area contributed by atoms with Crippen molar-refractivity contribution in [1.29, 1.82) is 0 Å². The van der Waals surface area contributed by atoms with E-state index in [-0.39, 0.29) is 5.54 Å². The summed E-state index contributed by atoms with van der Waals surface area (Å²) in [5.74, 6) is 0.435. The molecule has 1 heterocycles. The van der Waals surface area contributed by atoms with E-state index < -0.39 is 0 Å². The van der Waals surface area contributed by atoms with Crippen molar-refractivity contribution >= 4 is 15.9 Å². The minimum Gasteiger partial charge on any atom is -0.324 e. The van der Waals surface area contributed by atoms with E-state index in [0.717, 1.165) is 23.7 Å². The number of aryl methyl sites for hydroxylation is 1.